The molecule has 8 nitrogen and oxygen atoms in total. The molecule has 1 atom stereocenters. The molecule has 1 aromatic carbocycles. The lowest BCUT2D eigenvalue weighted by Crippen LogP contribution is -2.34. The number of aliphatic carboxylic acids is 1. The molecular formula is C20H24N4O4. The van der Waals surface area contributed by atoms with Crippen LogP contribution in [0.1, 0.15) is 40.2 Å². The first-order chi connectivity index (χ1) is 13.4. The van der Waals surface area contributed by atoms with Crippen molar-refractivity contribution in [3.05, 3.63) is 53.3 Å². The minimum absolute atomic E-state index is 0.150. The van der Waals surface area contributed by atoms with Crippen molar-refractivity contribution in [1.29, 1.82) is 0 Å². The Hall–Kier alpha value is -3.00. The van der Waals surface area contributed by atoms with Crippen LogP contribution in [0.25, 0.3) is 0 Å². The zero-order valence-electron chi connectivity index (χ0n) is 15.8. The van der Waals surface area contributed by atoms with E-state index in [2.05, 4.69) is 14.9 Å². The summed E-state index contributed by atoms with van der Waals surface area (Å²) in [6, 6.07) is 7.19. The summed E-state index contributed by atoms with van der Waals surface area (Å²) < 4.78 is 0. The molecule has 1 aliphatic heterocycles. The zero-order valence-corrected chi connectivity index (χ0v) is 15.8. The van der Waals surface area contributed by atoms with E-state index in [0.29, 0.717) is 24.0 Å². The number of piperidine rings is 1. The Kier molecular flexibility index (Phi) is 6.20. The lowest BCUT2D eigenvalue weighted by Gasteiger charge is -2.33. The second-order valence-electron chi connectivity index (χ2n) is 7.15. The first-order valence-electron chi connectivity index (χ1n) is 9.22. The number of rotatable bonds is 7. The minimum Gasteiger partial charge on any atom is -0.480 e. The van der Waals surface area contributed by atoms with Crippen molar-refractivity contribution in [2.45, 2.75) is 25.3 Å². The molecule has 148 valence electrons. The molecule has 8 heteroatoms. The van der Waals surface area contributed by atoms with Crippen LogP contribution >= 0.6 is 0 Å². The number of likely N-dealkylation sites (tertiary alicyclic amines) is 1. The van der Waals surface area contributed by atoms with Crippen LogP contribution in [-0.4, -0.2) is 63.7 Å². The molecule has 0 spiro atoms. The summed E-state index contributed by atoms with van der Waals surface area (Å²) in [6.07, 6.45) is 5.54. The zero-order chi connectivity index (χ0) is 20.1. The summed E-state index contributed by atoms with van der Waals surface area (Å²) in [7, 11) is 1.64. The van der Waals surface area contributed by atoms with Crippen LogP contribution in [-0.2, 0) is 11.3 Å². The molecule has 1 aliphatic rings. The van der Waals surface area contributed by atoms with Gasteiger partial charge in [-0.05, 0) is 43.0 Å². The van der Waals surface area contributed by atoms with E-state index in [4.69, 9.17) is 5.11 Å². The van der Waals surface area contributed by atoms with Crippen LogP contribution in [0, 0.1) is 0 Å². The van der Waals surface area contributed by atoms with Gasteiger partial charge in [0.1, 0.15) is 6.54 Å². The fourth-order valence-electron chi connectivity index (χ4n) is 3.56. The van der Waals surface area contributed by atoms with E-state index in [1.165, 1.54) is 4.90 Å². The standard InChI is InChI=1S/C20H24N4O4/c1-23(13-18(25)26)20-21-9-14(10-22-20)11-24-7-3-6-17(12-24)15-4-2-5-16(8-15)19(27)28/h2,4-5,8-10,17H,3,6-7,11-13H2,1H3,(H,25,26)(H,27,28). The number of carboxylic acid groups (broad SMARTS) is 2. The maximum atomic E-state index is 11.2. The second-order valence-corrected chi connectivity index (χ2v) is 7.15. The number of aromatic nitrogens is 2. The number of nitrogens with zero attached hydrogens (tertiary/aromatic N) is 4. The van der Waals surface area contributed by atoms with Crippen molar-refractivity contribution in [1.82, 2.24) is 14.9 Å². The third-order valence-electron chi connectivity index (χ3n) is 4.92. The quantitative estimate of drug-likeness (QED) is 0.747. The predicted molar refractivity (Wildman–Crippen MR) is 104 cm³/mol. The first kappa shape index (κ1) is 19.8. The van der Waals surface area contributed by atoms with Gasteiger partial charge in [0.25, 0.3) is 0 Å². The van der Waals surface area contributed by atoms with Gasteiger partial charge in [0, 0.05) is 38.1 Å². The topological polar surface area (TPSA) is 107 Å². The third-order valence-corrected chi connectivity index (χ3v) is 4.92. The summed E-state index contributed by atoms with van der Waals surface area (Å²) in [5, 5.41) is 18.0. The summed E-state index contributed by atoms with van der Waals surface area (Å²) in [6.45, 7) is 2.38. The van der Waals surface area contributed by atoms with E-state index in [-0.39, 0.29) is 6.54 Å². The monoisotopic (exact) mass is 384 g/mol. The molecule has 0 radical (unpaired) electrons. The molecule has 0 bridgehead atoms. The van der Waals surface area contributed by atoms with E-state index in [0.717, 1.165) is 37.1 Å². The molecule has 2 N–H and O–H groups in total. The number of anilines is 1. The molecule has 2 aromatic rings. The minimum atomic E-state index is -0.929. The lowest BCUT2D eigenvalue weighted by atomic mass is 9.89. The SMILES string of the molecule is CN(CC(=O)O)c1ncc(CN2CCCC(c3cccc(C(=O)O)c3)C2)cn1. The number of benzene rings is 1. The van der Waals surface area contributed by atoms with Gasteiger partial charge in [-0.2, -0.15) is 0 Å². The van der Waals surface area contributed by atoms with Gasteiger partial charge in [0.05, 0.1) is 5.56 Å². The molecular weight excluding hydrogens is 360 g/mol. The Morgan fingerprint density at radius 1 is 1.25 bits per heavy atom. The number of carboxylic acids is 2. The maximum absolute atomic E-state index is 11.2. The van der Waals surface area contributed by atoms with E-state index in [1.54, 1.807) is 37.6 Å². The normalized spacial score (nSPS) is 17.2. The van der Waals surface area contributed by atoms with Gasteiger partial charge in [-0.25, -0.2) is 14.8 Å². The molecule has 1 fully saturated rings. The van der Waals surface area contributed by atoms with Crippen molar-refractivity contribution in [2.24, 2.45) is 0 Å². The van der Waals surface area contributed by atoms with Gasteiger partial charge >= 0.3 is 11.9 Å². The van der Waals surface area contributed by atoms with Gasteiger partial charge in [-0.3, -0.25) is 9.69 Å². The number of aromatic carboxylic acids is 1. The van der Waals surface area contributed by atoms with Crippen LogP contribution in [0.3, 0.4) is 0 Å². The fraction of sp³-hybridized carbons (Fsp3) is 0.400. The number of hydrogen-bond acceptors (Lipinski definition) is 6. The molecule has 0 saturated carbocycles. The van der Waals surface area contributed by atoms with E-state index in [1.807, 2.05) is 6.07 Å². The van der Waals surface area contributed by atoms with E-state index in [9.17, 15) is 14.7 Å². The fourth-order valence-corrected chi connectivity index (χ4v) is 3.56. The van der Waals surface area contributed by atoms with E-state index < -0.39 is 11.9 Å². The Bertz CT molecular complexity index is 840. The molecule has 0 aliphatic carbocycles. The molecule has 28 heavy (non-hydrogen) atoms. The van der Waals surface area contributed by atoms with Crippen LogP contribution < -0.4 is 4.90 Å². The third kappa shape index (κ3) is 5.04. The average Bonchev–Trinajstić information content (AvgIpc) is 2.68. The van der Waals surface area contributed by atoms with Gasteiger partial charge in [-0.1, -0.05) is 12.1 Å². The number of hydrogen-bond donors (Lipinski definition) is 2. The highest BCUT2D eigenvalue weighted by Gasteiger charge is 2.22. The van der Waals surface area contributed by atoms with Gasteiger partial charge in [-0.15, -0.1) is 0 Å². The Morgan fingerprint density at radius 2 is 2.00 bits per heavy atom. The van der Waals surface area contributed by atoms with Gasteiger partial charge in [0.15, 0.2) is 0 Å². The summed E-state index contributed by atoms with van der Waals surface area (Å²) >= 11 is 0. The summed E-state index contributed by atoms with van der Waals surface area (Å²) in [4.78, 5) is 34.3. The van der Waals surface area contributed by atoms with Crippen LogP contribution in [0.5, 0.6) is 0 Å². The summed E-state index contributed by atoms with van der Waals surface area (Å²) in [5.74, 6) is -1.15. The Morgan fingerprint density at radius 3 is 2.68 bits per heavy atom. The highest BCUT2D eigenvalue weighted by Crippen LogP contribution is 2.28. The average molecular weight is 384 g/mol. The van der Waals surface area contributed by atoms with Crippen LogP contribution in [0.2, 0.25) is 0 Å². The number of carbonyl (C=O) groups is 2. The molecule has 1 unspecified atom stereocenters. The van der Waals surface area contributed by atoms with E-state index >= 15 is 0 Å². The highest BCUT2D eigenvalue weighted by molar-refractivity contribution is 5.87. The first-order valence-corrected chi connectivity index (χ1v) is 9.22. The molecule has 1 saturated heterocycles. The Labute approximate surface area is 163 Å². The molecule has 1 aromatic heterocycles. The van der Waals surface area contributed by atoms with Gasteiger partial charge < -0.3 is 15.1 Å². The Balaban J connectivity index is 1.63. The van der Waals surface area contributed by atoms with Crippen LogP contribution in [0.15, 0.2) is 36.7 Å². The number of likely N-dealkylation sites (N-methyl/N-ethyl adjacent to an activating group) is 1. The molecule has 0 amide bonds. The van der Waals surface area contributed by atoms with Crippen molar-refractivity contribution < 1.29 is 19.8 Å². The smallest absolute Gasteiger partial charge is 0.335 e. The lowest BCUT2D eigenvalue weighted by molar-refractivity contribution is -0.135. The highest BCUT2D eigenvalue weighted by atomic mass is 16.4. The van der Waals surface area contributed by atoms with Crippen molar-refractivity contribution >= 4 is 17.9 Å². The summed E-state index contributed by atoms with van der Waals surface area (Å²) in [5.41, 5.74) is 2.35. The van der Waals surface area contributed by atoms with Crippen molar-refractivity contribution in [3.8, 4) is 0 Å². The predicted octanol–water partition coefficient (Wildman–Crippen LogP) is 2.08. The molecule has 2 heterocycles. The van der Waals surface area contributed by atoms with Gasteiger partial charge in [0.2, 0.25) is 5.95 Å². The van der Waals surface area contributed by atoms with Crippen molar-refractivity contribution in [3.63, 3.8) is 0 Å². The molecule has 3 rings (SSSR count). The van der Waals surface area contributed by atoms with Crippen molar-refractivity contribution in [2.75, 3.05) is 31.6 Å². The maximum Gasteiger partial charge on any atom is 0.335 e. The van der Waals surface area contributed by atoms with Crippen LogP contribution in [0.4, 0.5) is 5.95 Å². The largest absolute Gasteiger partial charge is 0.480 e. The second kappa shape index (κ2) is 8.79.